The molecule has 46 heavy (non-hydrogen) atoms. The summed E-state index contributed by atoms with van der Waals surface area (Å²) in [6, 6.07) is 14.6. The maximum absolute atomic E-state index is 13.5. The highest BCUT2D eigenvalue weighted by molar-refractivity contribution is 6.16. The van der Waals surface area contributed by atoms with Crippen LogP contribution in [-0.2, 0) is 14.3 Å². The van der Waals surface area contributed by atoms with Crippen LogP contribution in [0.3, 0.4) is 0 Å². The highest BCUT2D eigenvalue weighted by Crippen LogP contribution is 2.37. The van der Waals surface area contributed by atoms with E-state index in [0.29, 0.717) is 65.7 Å². The van der Waals surface area contributed by atoms with Gasteiger partial charge in [0.15, 0.2) is 17.8 Å². The second-order valence-corrected chi connectivity index (χ2v) is 10.7. The molecular formula is C35H35FN4O6. The number of allylic oxidation sites excluding steroid dienone is 2. The molecule has 2 aromatic heterocycles. The summed E-state index contributed by atoms with van der Waals surface area (Å²) in [6.45, 7) is 1.34. The van der Waals surface area contributed by atoms with Crippen LogP contribution in [-0.4, -0.2) is 56.6 Å². The van der Waals surface area contributed by atoms with Crippen LogP contribution < -0.4 is 24.4 Å². The predicted molar refractivity (Wildman–Crippen MR) is 173 cm³/mol. The number of amides is 1. The van der Waals surface area contributed by atoms with Crippen LogP contribution in [0, 0.1) is 11.7 Å². The smallest absolute Gasteiger partial charge is 0.260 e. The Morgan fingerprint density at radius 1 is 1.02 bits per heavy atom. The molecule has 0 spiro atoms. The number of ether oxygens (including phenoxy) is 4. The average molecular weight is 627 g/mol. The van der Waals surface area contributed by atoms with Crippen molar-refractivity contribution in [3.05, 3.63) is 96.2 Å². The molecule has 0 radical (unpaired) electrons. The van der Waals surface area contributed by atoms with Gasteiger partial charge in [-0.2, -0.15) is 0 Å². The lowest BCUT2D eigenvalue weighted by Crippen LogP contribution is -2.19. The van der Waals surface area contributed by atoms with E-state index in [1.807, 2.05) is 18.1 Å². The van der Waals surface area contributed by atoms with Crippen molar-refractivity contribution in [3.63, 3.8) is 0 Å². The van der Waals surface area contributed by atoms with Gasteiger partial charge in [-0.3, -0.25) is 14.6 Å². The number of pyridine rings is 2. The van der Waals surface area contributed by atoms with E-state index >= 15 is 0 Å². The fourth-order valence-corrected chi connectivity index (χ4v) is 5.15. The summed E-state index contributed by atoms with van der Waals surface area (Å²) < 4.78 is 35.8. The predicted octanol–water partition coefficient (Wildman–Crippen LogP) is 6.48. The van der Waals surface area contributed by atoms with E-state index < -0.39 is 5.91 Å². The summed E-state index contributed by atoms with van der Waals surface area (Å²) in [7, 11) is 4.95. The zero-order valence-corrected chi connectivity index (χ0v) is 25.9. The first-order valence-corrected chi connectivity index (χ1v) is 14.8. The Morgan fingerprint density at radius 2 is 1.76 bits per heavy atom. The quantitative estimate of drug-likeness (QED) is 0.0621. The Hall–Kier alpha value is -5.29. The Morgan fingerprint density at radius 3 is 2.43 bits per heavy atom. The van der Waals surface area contributed by atoms with Gasteiger partial charge in [0.2, 0.25) is 0 Å². The monoisotopic (exact) mass is 626 g/mol. The molecule has 238 valence electrons. The van der Waals surface area contributed by atoms with E-state index in [1.54, 1.807) is 69.0 Å². The first kappa shape index (κ1) is 32.1. The van der Waals surface area contributed by atoms with E-state index in [-0.39, 0.29) is 17.2 Å². The molecule has 10 nitrogen and oxygen atoms in total. The topological polar surface area (TPSA) is 112 Å². The molecule has 3 heterocycles. The highest BCUT2D eigenvalue weighted by atomic mass is 19.1. The number of halogens is 1. The van der Waals surface area contributed by atoms with Crippen molar-refractivity contribution in [3.8, 4) is 23.0 Å². The third-order valence-corrected chi connectivity index (χ3v) is 7.60. The lowest BCUT2D eigenvalue weighted by molar-refractivity contribution is -0.115. The molecule has 1 N–H and O–H groups in total. The zero-order chi connectivity index (χ0) is 32.5. The van der Waals surface area contributed by atoms with Crippen molar-refractivity contribution in [2.75, 3.05) is 44.7 Å². The minimum atomic E-state index is -0.598. The Kier molecular flexibility index (Phi) is 10.6. The number of nitrogens with zero attached hydrogens (tertiary/aromatic N) is 3. The van der Waals surface area contributed by atoms with Crippen molar-refractivity contribution in [2.45, 2.75) is 19.3 Å². The fourth-order valence-electron chi connectivity index (χ4n) is 5.15. The summed E-state index contributed by atoms with van der Waals surface area (Å²) in [5.74, 6) is 1.70. The highest BCUT2D eigenvalue weighted by Gasteiger charge is 2.18. The van der Waals surface area contributed by atoms with E-state index in [9.17, 15) is 14.0 Å². The number of nitrogens with one attached hydrogen (secondary N) is 1. The van der Waals surface area contributed by atoms with Crippen LogP contribution in [0.2, 0.25) is 0 Å². The fraction of sp³-hybridized carbons (Fsp3) is 0.257. The minimum Gasteiger partial charge on any atom is -0.493 e. The number of benzene rings is 2. The van der Waals surface area contributed by atoms with Crippen LogP contribution in [0.4, 0.5) is 15.9 Å². The maximum atomic E-state index is 13.5. The number of rotatable bonds is 12. The summed E-state index contributed by atoms with van der Waals surface area (Å²) in [5, 5.41) is 3.41. The lowest BCUT2D eigenvalue weighted by Gasteiger charge is -2.24. The molecule has 4 aromatic rings. The number of methoxy groups -OCH3 is 2. The van der Waals surface area contributed by atoms with E-state index in [0.717, 1.165) is 24.1 Å². The number of carbonyl (C=O) groups is 2. The molecule has 1 amide bonds. The minimum absolute atomic E-state index is 0.0550. The van der Waals surface area contributed by atoms with Crippen LogP contribution in [0.25, 0.3) is 10.9 Å². The molecule has 1 saturated heterocycles. The van der Waals surface area contributed by atoms with Crippen LogP contribution in [0.5, 0.6) is 23.0 Å². The maximum Gasteiger partial charge on any atom is 0.260 e. The zero-order valence-electron chi connectivity index (χ0n) is 25.9. The summed E-state index contributed by atoms with van der Waals surface area (Å²) in [5.41, 5.74) is 2.16. The first-order valence-electron chi connectivity index (χ1n) is 14.8. The van der Waals surface area contributed by atoms with E-state index in [1.165, 1.54) is 18.3 Å². The summed E-state index contributed by atoms with van der Waals surface area (Å²) in [4.78, 5) is 35.8. The van der Waals surface area contributed by atoms with E-state index in [4.69, 9.17) is 18.9 Å². The van der Waals surface area contributed by atoms with Crippen LogP contribution in [0.1, 0.15) is 19.3 Å². The third-order valence-electron chi connectivity index (χ3n) is 7.60. The average Bonchev–Trinajstić information content (AvgIpc) is 3.08. The molecule has 2 aromatic carbocycles. The molecule has 0 atom stereocenters. The van der Waals surface area contributed by atoms with E-state index in [2.05, 4.69) is 15.3 Å². The van der Waals surface area contributed by atoms with Crippen LogP contribution in [0.15, 0.2) is 90.4 Å². The van der Waals surface area contributed by atoms with Gasteiger partial charge in [-0.1, -0.05) is 0 Å². The second kappa shape index (κ2) is 15.1. The summed E-state index contributed by atoms with van der Waals surface area (Å²) >= 11 is 0. The van der Waals surface area contributed by atoms with Gasteiger partial charge in [0.05, 0.1) is 31.5 Å². The first-order chi connectivity index (χ1) is 22.4. The van der Waals surface area contributed by atoms with Gasteiger partial charge in [-0.15, -0.1) is 0 Å². The normalized spacial score (nSPS) is 14.1. The number of carbonyl (C=O) groups excluding carboxylic acids is 2. The Balaban J connectivity index is 1.32. The number of hydrogen-bond donors (Lipinski definition) is 1. The van der Waals surface area contributed by atoms with Crippen molar-refractivity contribution < 1.29 is 32.9 Å². The molecule has 0 bridgehead atoms. The van der Waals surface area contributed by atoms with Gasteiger partial charge in [0, 0.05) is 49.8 Å². The largest absolute Gasteiger partial charge is 0.493 e. The molecule has 5 rings (SSSR count). The van der Waals surface area contributed by atoms with Crippen molar-refractivity contribution in [2.24, 2.45) is 5.92 Å². The molecular weight excluding hydrogens is 591 g/mol. The van der Waals surface area contributed by atoms with Gasteiger partial charge in [0.25, 0.3) is 5.91 Å². The van der Waals surface area contributed by atoms with Gasteiger partial charge >= 0.3 is 0 Å². The molecule has 1 fully saturated rings. The van der Waals surface area contributed by atoms with Crippen molar-refractivity contribution in [1.82, 2.24) is 9.97 Å². The second-order valence-electron chi connectivity index (χ2n) is 10.7. The molecule has 11 heteroatoms. The summed E-state index contributed by atoms with van der Waals surface area (Å²) in [6.07, 6.45) is 9.48. The standard InChI is InChI=1S/C35H35FN4O6/c1-40(27-6-4-26(36)5-7-27)21-24(16-23-11-14-45-15-12-23)17-25(22-41)35(42)39-34-9-8-28(20-38-34)46-31-10-13-37-30-19-33(44-3)32(43-2)18-29(30)31/h4-10,13,17-23H,11-12,14-16H2,1-3H3,(H,38,39,42)/b24-21-,25-17+. The molecule has 0 aliphatic carbocycles. The van der Waals surface area contributed by atoms with Gasteiger partial charge in [-0.05, 0) is 85.4 Å². The van der Waals surface area contributed by atoms with Gasteiger partial charge in [0.1, 0.15) is 23.1 Å². The Bertz CT molecular complexity index is 1740. The van der Waals surface area contributed by atoms with Gasteiger partial charge in [-0.25, -0.2) is 9.37 Å². The number of aldehydes is 1. The van der Waals surface area contributed by atoms with Crippen molar-refractivity contribution >= 4 is 34.6 Å². The number of hydrogen-bond acceptors (Lipinski definition) is 9. The Labute approximate surface area is 266 Å². The third kappa shape index (κ3) is 8.05. The number of aromatic nitrogens is 2. The molecule has 0 saturated carbocycles. The molecule has 1 aliphatic heterocycles. The van der Waals surface area contributed by atoms with Crippen LogP contribution >= 0.6 is 0 Å². The SMILES string of the molecule is COc1cc2nccc(Oc3ccc(NC(=O)/C(C=O)=C/C(=C\N(C)c4ccc(F)cc4)CC4CCOCC4)nc3)c2cc1OC. The lowest BCUT2D eigenvalue weighted by atomic mass is 9.91. The number of fused-ring (bicyclic) bond motifs is 1. The van der Waals surface area contributed by atoms with Crippen molar-refractivity contribution in [1.29, 1.82) is 0 Å². The molecule has 0 unspecified atom stereocenters. The van der Waals surface area contributed by atoms with Gasteiger partial charge < -0.3 is 29.2 Å². The molecule has 1 aliphatic rings. The number of anilines is 2.